The highest BCUT2D eigenvalue weighted by atomic mass is 16.5. The van der Waals surface area contributed by atoms with Crippen LogP contribution >= 0.6 is 0 Å². The maximum atomic E-state index is 12.6. The molecule has 1 saturated heterocycles. The van der Waals surface area contributed by atoms with Crippen LogP contribution in [0.1, 0.15) is 24.8 Å². The van der Waals surface area contributed by atoms with E-state index in [4.69, 9.17) is 9.47 Å². The molecule has 5 heteroatoms. The topological polar surface area (TPSA) is 50.8 Å². The van der Waals surface area contributed by atoms with Gasteiger partial charge in [0.05, 0.1) is 20.6 Å². The quantitative estimate of drug-likeness (QED) is 0.836. The van der Waals surface area contributed by atoms with Crippen molar-refractivity contribution < 1.29 is 14.3 Å². The zero-order valence-corrected chi connectivity index (χ0v) is 14.4. The lowest BCUT2D eigenvalue weighted by Gasteiger charge is -2.32. The Labute approximate surface area is 139 Å². The van der Waals surface area contributed by atoms with Gasteiger partial charge in [-0.3, -0.25) is 4.79 Å². The average molecular weight is 320 g/mol. The first kappa shape index (κ1) is 17.6. The summed E-state index contributed by atoms with van der Waals surface area (Å²) >= 11 is 0. The van der Waals surface area contributed by atoms with E-state index < -0.39 is 0 Å². The fraction of sp³-hybridized carbons (Fsp3) is 0.611. The van der Waals surface area contributed by atoms with Gasteiger partial charge in [0.1, 0.15) is 11.5 Å². The van der Waals surface area contributed by atoms with Crippen molar-refractivity contribution in [3.8, 4) is 11.5 Å². The van der Waals surface area contributed by atoms with Crippen LogP contribution in [-0.2, 0) is 11.2 Å². The fourth-order valence-electron chi connectivity index (χ4n) is 3.11. The molecule has 5 nitrogen and oxygen atoms in total. The fourth-order valence-corrected chi connectivity index (χ4v) is 3.11. The number of methoxy groups -OCH3 is 2. The summed E-state index contributed by atoms with van der Waals surface area (Å²) in [4.78, 5) is 14.6. The average Bonchev–Trinajstić information content (AvgIpc) is 2.60. The second-order valence-electron chi connectivity index (χ2n) is 6.07. The number of nitrogens with zero attached hydrogens (tertiary/aromatic N) is 1. The molecule has 0 aromatic heterocycles. The lowest BCUT2D eigenvalue weighted by atomic mass is 9.93. The van der Waals surface area contributed by atoms with E-state index in [9.17, 15) is 4.79 Å². The third-order valence-corrected chi connectivity index (χ3v) is 4.60. The summed E-state index contributed by atoms with van der Waals surface area (Å²) in [5.74, 6) is 2.39. The number of hydrogen-bond acceptors (Lipinski definition) is 4. The van der Waals surface area contributed by atoms with Gasteiger partial charge in [0.15, 0.2) is 0 Å². The summed E-state index contributed by atoms with van der Waals surface area (Å²) < 4.78 is 10.6. The monoisotopic (exact) mass is 320 g/mol. The van der Waals surface area contributed by atoms with E-state index in [0.717, 1.165) is 55.5 Å². The highest BCUT2D eigenvalue weighted by Gasteiger charge is 2.23. The van der Waals surface area contributed by atoms with Gasteiger partial charge in [0.2, 0.25) is 5.91 Å². The summed E-state index contributed by atoms with van der Waals surface area (Å²) in [7, 11) is 5.24. The largest absolute Gasteiger partial charge is 0.497 e. The number of ether oxygens (including phenoxy) is 2. The van der Waals surface area contributed by atoms with Gasteiger partial charge in [0.25, 0.3) is 0 Å². The third kappa shape index (κ3) is 4.86. The highest BCUT2D eigenvalue weighted by molar-refractivity contribution is 5.79. The third-order valence-electron chi connectivity index (χ3n) is 4.60. The molecular weight excluding hydrogens is 292 g/mol. The molecule has 0 radical (unpaired) electrons. The molecule has 1 N–H and O–H groups in total. The second kappa shape index (κ2) is 8.77. The Bertz CT molecular complexity index is 511. The maximum absolute atomic E-state index is 12.6. The Morgan fingerprint density at radius 1 is 1.26 bits per heavy atom. The van der Waals surface area contributed by atoms with Crippen LogP contribution in [-0.4, -0.2) is 51.7 Å². The number of carbonyl (C=O) groups is 1. The molecule has 0 spiro atoms. The number of likely N-dealkylation sites (tertiary alicyclic amines) is 1. The molecule has 1 aliphatic rings. The van der Waals surface area contributed by atoms with Crippen molar-refractivity contribution >= 4 is 5.91 Å². The van der Waals surface area contributed by atoms with Crippen molar-refractivity contribution in [2.24, 2.45) is 5.92 Å². The SMILES string of the molecule is CNCCC1CCN(C(=O)Cc2cc(OC)ccc2OC)CC1. The van der Waals surface area contributed by atoms with Crippen molar-refractivity contribution in [3.63, 3.8) is 0 Å². The molecule has 0 saturated carbocycles. The predicted molar refractivity (Wildman–Crippen MR) is 91.1 cm³/mol. The minimum Gasteiger partial charge on any atom is -0.497 e. The minimum absolute atomic E-state index is 0.170. The van der Waals surface area contributed by atoms with Gasteiger partial charge < -0.3 is 19.7 Å². The van der Waals surface area contributed by atoms with E-state index in [1.54, 1.807) is 14.2 Å². The minimum atomic E-state index is 0.170. The molecule has 0 unspecified atom stereocenters. The smallest absolute Gasteiger partial charge is 0.227 e. The summed E-state index contributed by atoms with van der Waals surface area (Å²) in [6.45, 7) is 2.78. The predicted octanol–water partition coefficient (Wildman–Crippen LogP) is 2.09. The van der Waals surface area contributed by atoms with Crippen LogP contribution in [0.5, 0.6) is 11.5 Å². The van der Waals surface area contributed by atoms with E-state index in [1.165, 1.54) is 6.42 Å². The van der Waals surface area contributed by atoms with Crippen molar-refractivity contribution in [2.45, 2.75) is 25.7 Å². The lowest BCUT2D eigenvalue weighted by Crippen LogP contribution is -2.39. The van der Waals surface area contributed by atoms with Crippen LogP contribution in [0.15, 0.2) is 18.2 Å². The normalized spacial score (nSPS) is 15.5. The molecule has 1 aromatic carbocycles. The van der Waals surface area contributed by atoms with E-state index in [2.05, 4.69) is 5.32 Å². The Balaban J connectivity index is 1.92. The molecule has 1 heterocycles. The first-order valence-corrected chi connectivity index (χ1v) is 8.31. The van der Waals surface area contributed by atoms with Gasteiger partial charge in [-0.1, -0.05) is 0 Å². The number of amides is 1. The molecule has 0 aliphatic carbocycles. The number of nitrogens with one attached hydrogen (secondary N) is 1. The molecule has 1 aliphatic heterocycles. The van der Waals surface area contributed by atoms with Gasteiger partial charge in [-0.15, -0.1) is 0 Å². The van der Waals surface area contributed by atoms with E-state index >= 15 is 0 Å². The van der Waals surface area contributed by atoms with Crippen molar-refractivity contribution in [3.05, 3.63) is 23.8 Å². The number of piperidine rings is 1. The first-order chi connectivity index (χ1) is 11.2. The summed E-state index contributed by atoms with van der Waals surface area (Å²) in [5.41, 5.74) is 0.883. The maximum Gasteiger partial charge on any atom is 0.227 e. The number of benzene rings is 1. The van der Waals surface area contributed by atoms with Crippen LogP contribution in [0, 0.1) is 5.92 Å². The molecule has 23 heavy (non-hydrogen) atoms. The number of hydrogen-bond donors (Lipinski definition) is 1. The molecule has 1 fully saturated rings. The van der Waals surface area contributed by atoms with Crippen LogP contribution in [0.3, 0.4) is 0 Å². The van der Waals surface area contributed by atoms with Crippen molar-refractivity contribution in [1.29, 1.82) is 0 Å². The summed E-state index contributed by atoms with van der Waals surface area (Å²) in [5, 5.41) is 3.20. The molecule has 128 valence electrons. The van der Waals surface area contributed by atoms with Gasteiger partial charge in [-0.05, 0) is 57.0 Å². The highest BCUT2D eigenvalue weighted by Crippen LogP contribution is 2.26. The van der Waals surface area contributed by atoms with E-state index in [-0.39, 0.29) is 5.91 Å². The van der Waals surface area contributed by atoms with E-state index in [1.807, 2.05) is 30.1 Å². The van der Waals surface area contributed by atoms with E-state index in [0.29, 0.717) is 6.42 Å². The number of carbonyl (C=O) groups excluding carboxylic acids is 1. The Morgan fingerprint density at radius 3 is 2.61 bits per heavy atom. The number of rotatable bonds is 7. The Morgan fingerprint density at radius 2 is 2.00 bits per heavy atom. The molecule has 1 aromatic rings. The molecule has 1 amide bonds. The van der Waals surface area contributed by atoms with Crippen molar-refractivity contribution in [2.75, 3.05) is 40.9 Å². The zero-order chi connectivity index (χ0) is 16.7. The van der Waals surface area contributed by atoms with Gasteiger partial charge in [0, 0.05) is 18.7 Å². The lowest BCUT2D eigenvalue weighted by molar-refractivity contribution is -0.131. The van der Waals surface area contributed by atoms with Gasteiger partial charge in [-0.25, -0.2) is 0 Å². The van der Waals surface area contributed by atoms with Gasteiger partial charge in [-0.2, -0.15) is 0 Å². The molecule has 0 bridgehead atoms. The summed E-state index contributed by atoms with van der Waals surface area (Å²) in [6.07, 6.45) is 3.76. The van der Waals surface area contributed by atoms with Crippen LogP contribution in [0.4, 0.5) is 0 Å². The Hall–Kier alpha value is -1.75. The standard InChI is InChI=1S/C18H28N2O3/c1-19-9-6-14-7-10-20(11-8-14)18(21)13-15-12-16(22-2)4-5-17(15)23-3/h4-5,12,14,19H,6-11,13H2,1-3H3. The first-order valence-electron chi connectivity index (χ1n) is 8.31. The molecule has 0 atom stereocenters. The summed E-state index contributed by atoms with van der Waals surface area (Å²) in [6, 6.07) is 5.59. The van der Waals surface area contributed by atoms with Crippen LogP contribution < -0.4 is 14.8 Å². The molecule has 2 rings (SSSR count). The molecular formula is C18H28N2O3. The van der Waals surface area contributed by atoms with Crippen LogP contribution in [0.2, 0.25) is 0 Å². The van der Waals surface area contributed by atoms with Crippen molar-refractivity contribution in [1.82, 2.24) is 10.2 Å². The van der Waals surface area contributed by atoms with Gasteiger partial charge >= 0.3 is 0 Å². The Kier molecular flexibility index (Phi) is 6.71. The second-order valence-corrected chi connectivity index (χ2v) is 6.07. The zero-order valence-electron chi connectivity index (χ0n) is 14.4. The van der Waals surface area contributed by atoms with Crippen LogP contribution in [0.25, 0.3) is 0 Å².